The van der Waals surface area contributed by atoms with Crippen molar-refractivity contribution in [3.8, 4) is 11.5 Å². The lowest BCUT2D eigenvalue weighted by molar-refractivity contribution is -0.160. The van der Waals surface area contributed by atoms with Crippen LogP contribution in [0.25, 0.3) is 5.52 Å². The molecule has 2 aliphatic carbocycles. The number of aromatic nitrogens is 1. The highest BCUT2D eigenvalue weighted by molar-refractivity contribution is 6.32. The SMILES string of the molecule is CO[C@H]1C=CO[C@@]2(C)Oc3c(C)c(O)c4c(c3C2=O)C(=O)C(N2CCN(CC3CCN(c5c(F)cn6c(=O)c(C(=O)O)cc(C7CC7)c6c5C)C3)CC2)=C(NC(=O)C(C)=CC=C[C@H](C)[C@H](O)[C@@H](C)[C@@H](O)[C@@H](C)[C@H](OC(C)=O)[C@@H]1C)C4=O. The number of carbonyl (C=O) groups is 6. The molecule has 1 saturated carbocycles. The molecule has 3 fully saturated rings. The summed E-state index contributed by atoms with van der Waals surface area (Å²) in [5.74, 6) is -11.5. The van der Waals surface area contributed by atoms with Crippen LogP contribution in [-0.2, 0) is 23.8 Å². The number of ketones is 3. The molecule has 0 spiro atoms. The predicted molar refractivity (Wildman–Crippen MR) is 294 cm³/mol. The van der Waals surface area contributed by atoms with Crippen molar-refractivity contribution in [3.63, 3.8) is 0 Å². The maximum Gasteiger partial charge on any atom is 0.341 e. The van der Waals surface area contributed by atoms with Crippen molar-refractivity contribution in [3.05, 3.63) is 115 Å². The molecule has 0 radical (unpaired) electrons. The number of carbonyl (C=O) groups excluding carboxylic acids is 5. The number of rotatable bonds is 8. The number of benzene rings is 1. The first-order valence-corrected chi connectivity index (χ1v) is 27.7. The van der Waals surface area contributed by atoms with Gasteiger partial charge in [0, 0.05) is 102 Å². The van der Waals surface area contributed by atoms with Crippen molar-refractivity contribution in [1.29, 1.82) is 0 Å². The van der Waals surface area contributed by atoms with Gasteiger partial charge >= 0.3 is 17.7 Å². The van der Waals surface area contributed by atoms with E-state index in [2.05, 4.69) is 10.2 Å². The number of hydrogen-bond donors (Lipinski definition) is 5. The third-order valence-corrected chi connectivity index (χ3v) is 17.4. The Labute approximate surface area is 468 Å². The van der Waals surface area contributed by atoms with Crippen LogP contribution >= 0.6 is 0 Å². The van der Waals surface area contributed by atoms with Crippen LogP contribution < -0.4 is 20.5 Å². The molecule has 21 heteroatoms. The Morgan fingerprint density at radius 2 is 1.56 bits per heavy atom. The van der Waals surface area contributed by atoms with Crippen molar-refractivity contribution in [2.45, 2.75) is 118 Å². The minimum Gasteiger partial charge on any atom is -0.507 e. The number of nitrogens with one attached hydrogen (secondary N) is 1. The van der Waals surface area contributed by atoms with Crippen LogP contribution in [0.3, 0.4) is 0 Å². The van der Waals surface area contributed by atoms with Crippen LogP contribution in [0.5, 0.6) is 11.5 Å². The monoisotopic (exact) mass is 1120 g/mol. The van der Waals surface area contributed by atoms with Crippen molar-refractivity contribution in [2.24, 2.45) is 29.6 Å². The molecule has 5 bridgehead atoms. The van der Waals surface area contributed by atoms with E-state index < -0.39 is 129 Å². The van der Waals surface area contributed by atoms with Crippen LogP contribution in [-0.4, -0.2) is 153 Å². The summed E-state index contributed by atoms with van der Waals surface area (Å²) in [6.07, 6.45) is 6.70. The number of aliphatic hydroxyl groups excluding tert-OH is 2. The number of allylic oxidation sites excluding steroid dienone is 4. The summed E-state index contributed by atoms with van der Waals surface area (Å²) in [6, 6.07) is 1.44. The number of aromatic hydroxyl groups is 1. The van der Waals surface area contributed by atoms with Gasteiger partial charge < -0.3 is 54.5 Å². The number of amides is 1. The highest BCUT2D eigenvalue weighted by Gasteiger charge is 2.53. The zero-order valence-corrected chi connectivity index (χ0v) is 47.3. The molecule has 2 aromatic heterocycles. The number of piperazine rings is 1. The normalized spacial score (nSPS) is 28.8. The number of aliphatic hydroxyl groups is 2. The smallest absolute Gasteiger partial charge is 0.341 e. The molecular formula is C60H72FN5O15. The average Bonchev–Trinajstić information content (AvgIpc) is 2.63. The summed E-state index contributed by atoms with van der Waals surface area (Å²) in [5, 5.41) is 47.5. The quantitative estimate of drug-likeness (QED) is 0.168. The van der Waals surface area contributed by atoms with Gasteiger partial charge in [-0.05, 0) is 75.1 Å². The number of aromatic carboxylic acids is 1. The number of pyridine rings is 2. The summed E-state index contributed by atoms with van der Waals surface area (Å²) in [4.78, 5) is 103. The Hall–Kier alpha value is -7.20. The van der Waals surface area contributed by atoms with E-state index in [4.69, 9.17) is 18.9 Å². The van der Waals surface area contributed by atoms with Gasteiger partial charge in [0.1, 0.15) is 34.6 Å². The van der Waals surface area contributed by atoms with E-state index in [1.54, 1.807) is 51.7 Å². The Kier molecular flexibility index (Phi) is 16.3. The standard InChI is InChI=1S/C60H72FN5O15/c1-28-12-11-13-29(2)57(74)62-45-48(64-21-19-63(20-22-64)25-36-16-18-65(26-36)47-31(4)46-38(37-14-15-37)24-39(59(76)77)58(75)66(46)27-40(47)61)53(72)42-43(52(45)71)51(70)34(7)55-44(42)56(73)60(9,81-55)79-23-17-41(78-10)30(3)54(80-35(8)67)33(6)50(69)32(5)49(28)68/h11-13,17,23-24,27-28,30,32-33,36-37,41,49-50,54,68-70H,14-16,18-22,25-26H2,1-10H3,(H,62,74)(H,76,77)/t28-,30+,32+,33+,36?,41-,49-,50+,54+,60-/m0/s1. The van der Waals surface area contributed by atoms with Crippen LogP contribution in [0.15, 0.2) is 64.6 Å². The zero-order valence-electron chi connectivity index (χ0n) is 47.3. The lowest BCUT2D eigenvalue weighted by Gasteiger charge is -2.39. The van der Waals surface area contributed by atoms with E-state index in [9.17, 15) is 44.4 Å². The Morgan fingerprint density at radius 3 is 2.20 bits per heavy atom. The van der Waals surface area contributed by atoms with Gasteiger partial charge in [0.25, 0.3) is 17.2 Å². The second-order valence-electron chi connectivity index (χ2n) is 23.0. The number of phenols is 1. The second-order valence-corrected chi connectivity index (χ2v) is 23.0. The Morgan fingerprint density at radius 1 is 0.864 bits per heavy atom. The first kappa shape index (κ1) is 58.5. The molecular weight excluding hydrogens is 1050 g/mol. The molecule has 434 valence electrons. The van der Waals surface area contributed by atoms with Crippen LogP contribution in [0, 0.1) is 49.3 Å². The van der Waals surface area contributed by atoms with Crippen LogP contribution in [0.1, 0.15) is 132 Å². The van der Waals surface area contributed by atoms with Gasteiger partial charge in [-0.2, -0.15) is 0 Å². The van der Waals surface area contributed by atoms with E-state index in [1.807, 2.05) is 4.90 Å². The lowest BCUT2D eigenvalue weighted by atomic mass is 9.78. The number of ether oxygens (including phenoxy) is 4. The van der Waals surface area contributed by atoms with E-state index >= 15 is 14.0 Å². The van der Waals surface area contributed by atoms with Crippen molar-refractivity contribution >= 4 is 46.4 Å². The number of hydrogen-bond acceptors (Lipinski definition) is 17. The summed E-state index contributed by atoms with van der Waals surface area (Å²) in [7, 11) is 1.42. The van der Waals surface area contributed by atoms with Gasteiger partial charge in [-0.25, -0.2) is 9.18 Å². The van der Waals surface area contributed by atoms with E-state index in [-0.39, 0.29) is 53.1 Å². The van der Waals surface area contributed by atoms with Crippen molar-refractivity contribution < 1.29 is 72.5 Å². The van der Waals surface area contributed by atoms with Gasteiger partial charge in [0.05, 0.1) is 58.7 Å². The summed E-state index contributed by atoms with van der Waals surface area (Å²) in [5.41, 5.74) is -0.762. The fraction of sp³-hybridized carbons (Fsp3) is 0.517. The minimum atomic E-state index is -2.15. The number of phenolic OH excluding ortho intramolecular Hbond substituents is 1. The number of carboxylic acid groups (broad SMARTS) is 1. The Balaban J connectivity index is 1.02. The maximum atomic E-state index is 16.2. The molecule has 1 aromatic carbocycles. The molecule has 2 saturated heterocycles. The lowest BCUT2D eigenvalue weighted by Crippen LogP contribution is -2.50. The van der Waals surface area contributed by atoms with Crippen LogP contribution in [0.4, 0.5) is 10.1 Å². The number of carboxylic acids is 1. The summed E-state index contributed by atoms with van der Waals surface area (Å²) in [6.45, 7) is 16.8. The van der Waals surface area contributed by atoms with Gasteiger partial charge in [-0.3, -0.25) is 38.1 Å². The second kappa shape index (κ2) is 22.6. The van der Waals surface area contributed by atoms with Gasteiger partial charge in [0.15, 0.2) is 5.82 Å². The van der Waals surface area contributed by atoms with Gasteiger partial charge in [-0.15, -0.1) is 0 Å². The number of Topliss-reactive ketones (excluding diaryl/α,β-unsaturated/α-hetero) is 3. The van der Waals surface area contributed by atoms with Crippen molar-refractivity contribution in [2.75, 3.05) is 57.8 Å². The molecule has 20 nitrogen and oxygen atoms in total. The molecule has 7 aliphatic rings. The molecule has 3 aromatic rings. The molecule has 10 atom stereocenters. The van der Waals surface area contributed by atoms with E-state index in [1.165, 1.54) is 59.3 Å². The number of methoxy groups -OCH3 is 1. The zero-order chi connectivity index (χ0) is 58.8. The van der Waals surface area contributed by atoms with Gasteiger partial charge in [-0.1, -0.05) is 45.9 Å². The number of aryl methyl sites for hydroxylation is 1. The number of nitrogens with zero attached hydrogens (tertiary/aromatic N) is 4. The van der Waals surface area contributed by atoms with Crippen LogP contribution in [0.2, 0.25) is 0 Å². The number of esters is 1. The molecule has 1 amide bonds. The molecule has 7 heterocycles. The largest absolute Gasteiger partial charge is 0.507 e. The number of anilines is 1. The number of fused-ring (bicyclic) bond motifs is 15. The molecule has 5 N–H and O–H groups in total. The first-order chi connectivity index (χ1) is 38.3. The maximum absolute atomic E-state index is 16.2. The fourth-order valence-electron chi connectivity index (χ4n) is 12.6. The third kappa shape index (κ3) is 10.7. The average molecular weight is 1120 g/mol. The third-order valence-electron chi connectivity index (χ3n) is 17.4. The highest BCUT2D eigenvalue weighted by atomic mass is 19.1. The topological polar surface area (TPSA) is 263 Å². The molecule has 5 aliphatic heterocycles. The molecule has 1 unspecified atom stereocenters. The summed E-state index contributed by atoms with van der Waals surface area (Å²) >= 11 is 0. The molecule has 10 rings (SSSR count). The Bertz CT molecular complexity index is 3320. The minimum absolute atomic E-state index is 0.0356. The highest BCUT2D eigenvalue weighted by Crippen LogP contribution is 2.50. The van der Waals surface area contributed by atoms with E-state index in [0.717, 1.165) is 29.0 Å². The molecule has 81 heavy (non-hydrogen) atoms. The summed E-state index contributed by atoms with van der Waals surface area (Å²) < 4.78 is 41.1. The van der Waals surface area contributed by atoms with E-state index in [0.29, 0.717) is 55.9 Å². The predicted octanol–water partition coefficient (Wildman–Crippen LogP) is 5.74. The van der Waals surface area contributed by atoms with Gasteiger partial charge in [0.2, 0.25) is 11.6 Å². The number of halogens is 1. The fourth-order valence-corrected chi connectivity index (χ4v) is 12.6. The van der Waals surface area contributed by atoms with Crippen molar-refractivity contribution in [1.82, 2.24) is 19.5 Å². The first-order valence-electron chi connectivity index (χ1n) is 27.7.